The molecule has 1 aliphatic rings. The summed E-state index contributed by atoms with van der Waals surface area (Å²) in [7, 11) is 0. The van der Waals surface area contributed by atoms with Crippen molar-refractivity contribution in [2.24, 2.45) is 0 Å². The van der Waals surface area contributed by atoms with E-state index in [4.69, 9.17) is 19.0 Å². The molecule has 1 unspecified atom stereocenters. The normalized spacial score (nSPS) is 19.2. The summed E-state index contributed by atoms with van der Waals surface area (Å²) in [6, 6.07) is 12.0. The number of hydrogen-bond donors (Lipinski definition) is 1. The summed E-state index contributed by atoms with van der Waals surface area (Å²) in [5.41, 5.74) is -0.555. The fraction of sp³-hybridized carbons (Fsp3) is 0.368. The molecule has 7 nitrogen and oxygen atoms in total. The zero-order valence-corrected chi connectivity index (χ0v) is 14.7. The van der Waals surface area contributed by atoms with Crippen LogP contribution >= 0.6 is 0 Å². The van der Waals surface area contributed by atoms with E-state index in [1.165, 1.54) is 12.1 Å². The van der Waals surface area contributed by atoms with E-state index in [1.807, 2.05) is 44.2 Å². The van der Waals surface area contributed by atoms with Gasteiger partial charge in [0.25, 0.3) is 5.91 Å². The lowest BCUT2D eigenvalue weighted by Gasteiger charge is -2.42. The van der Waals surface area contributed by atoms with Gasteiger partial charge in [-0.3, -0.25) is 4.79 Å². The van der Waals surface area contributed by atoms with Crippen molar-refractivity contribution < 1.29 is 28.6 Å². The fourth-order valence-corrected chi connectivity index (χ4v) is 2.97. The van der Waals surface area contributed by atoms with Crippen molar-refractivity contribution in [3.8, 4) is 5.75 Å². The van der Waals surface area contributed by atoms with E-state index in [2.05, 4.69) is 0 Å². The van der Waals surface area contributed by atoms with Crippen LogP contribution in [-0.4, -0.2) is 53.3 Å². The summed E-state index contributed by atoms with van der Waals surface area (Å²) in [6.45, 7) is 4.80. The highest BCUT2D eigenvalue weighted by atomic mass is 16.6. The highest BCUT2D eigenvalue weighted by molar-refractivity contribution is 5.93. The maximum absolute atomic E-state index is 12.7. The molecule has 1 amide bonds. The van der Waals surface area contributed by atoms with Gasteiger partial charge in [0.2, 0.25) is 5.76 Å². The highest BCUT2D eigenvalue weighted by Crippen LogP contribution is 2.24. The minimum absolute atomic E-state index is 0.00262. The van der Waals surface area contributed by atoms with Gasteiger partial charge in [0.15, 0.2) is 5.76 Å². The molecule has 1 fully saturated rings. The number of ether oxygens (including phenoxy) is 2. The molecule has 0 bridgehead atoms. The number of amides is 1. The van der Waals surface area contributed by atoms with E-state index < -0.39 is 11.6 Å². The zero-order chi connectivity index (χ0) is 18.7. The van der Waals surface area contributed by atoms with Crippen LogP contribution in [0.25, 0.3) is 0 Å². The number of para-hydroxylation sites is 1. The van der Waals surface area contributed by atoms with Crippen LogP contribution in [0.2, 0.25) is 0 Å². The summed E-state index contributed by atoms with van der Waals surface area (Å²) in [5, 5.41) is 8.94. The molecule has 1 aromatic heterocycles. The van der Waals surface area contributed by atoms with Gasteiger partial charge in [-0.15, -0.1) is 0 Å². The minimum Gasteiger partial charge on any atom is -0.491 e. The molecular formula is C19H21NO6. The first-order chi connectivity index (χ1) is 12.3. The zero-order valence-electron chi connectivity index (χ0n) is 14.7. The van der Waals surface area contributed by atoms with E-state index in [1.54, 1.807) is 4.90 Å². The molecule has 2 aromatic rings. The number of carboxylic acids is 1. The molecule has 0 aliphatic carbocycles. The second-order valence-corrected chi connectivity index (χ2v) is 6.78. The van der Waals surface area contributed by atoms with E-state index >= 15 is 0 Å². The average Bonchev–Trinajstić information content (AvgIpc) is 3.09. The van der Waals surface area contributed by atoms with E-state index in [9.17, 15) is 9.59 Å². The Bertz CT molecular complexity index is 782. The first-order valence-electron chi connectivity index (χ1n) is 8.32. The Balaban J connectivity index is 1.68. The third-order valence-corrected chi connectivity index (χ3v) is 3.98. The first-order valence-corrected chi connectivity index (χ1v) is 8.32. The lowest BCUT2D eigenvalue weighted by molar-refractivity contribution is -0.137. The van der Waals surface area contributed by atoms with Crippen LogP contribution in [0.3, 0.4) is 0 Å². The van der Waals surface area contributed by atoms with Gasteiger partial charge in [-0.25, -0.2) is 4.79 Å². The SMILES string of the molecule is CC1(C)CN(C(=O)c2ccc(C(=O)O)o2)CC(COc2ccccc2)O1. The molecule has 1 N–H and O–H groups in total. The lowest BCUT2D eigenvalue weighted by Crippen LogP contribution is -2.56. The lowest BCUT2D eigenvalue weighted by atomic mass is 10.0. The number of rotatable bonds is 5. The van der Waals surface area contributed by atoms with E-state index in [-0.39, 0.29) is 23.5 Å². The Morgan fingerprint density at radius 2 is 1.88 bits per heavy atom. The van der Waals surface area contributed by atoms with Gasteiger partial charge in [0.05, 0.1) is 12.1 Å². The van der Waals surface area contributed by atoms with Crippen molar-refractivity contribution in [2.75, 3.05) is 19.7 Å². The Hall–Kier alpha value is -2.80. The highest BCUT2D eigenvalue weighted by Gasteiger charge is 2.37. The Labute approximate surface area is 151 Å². The molecule has 1 atom stereocenters. The van der Waals surface area contributed by atoms with Gasteiger partial charge < -0.3 is 23.9 Å². The van der Waals surface area contributed by atoms with Crippen molar-refractivity contribution in [3.05, 3.63) is 54.0 Å². The first kappa shape index (κ1) is 18.0. The van der Waals surface area contributed by atoms with Crippen LogP contribution in [0.5, 0.6) is 5.75 Å². The Morgan fingerprint density at radius 3 is 2.54 bits per heavy atom. The standard InChI is InChI=1S/C19H21NO6/c1-19(2)12-20(17(21)15-8-9-16(25-15)18(22)23)10-14(26-19)11-24-13-6-4-3-5-7-13/h3-9,14H,10-12H2,1-2H3,(H,22,23). The van der Waals surface area contributed by atoms with Crippen molar-refractivity contribution in [1.82, 2.24) is 4.90 Å². The molecule has 7 heteroatoms. The van der Waals surface area contributed by atoms with Crippen LogP contribution in [0.4, 0.5) is 0 Å². The number of aromatic carboxylic acids is 1. The third-order valence-electron chi connectivity index (χ3n) is 3.98. The summed E-state index contributed by atoms with van der Waals surface area (Å²) in [6.07, 6.45) is -0.309. The van der Waals surface area contributed by atoms with Crippen LogP contribution in [-0.2, 0) is 4.74 Å². The van der Waals surface area contributed by atoms with Gasteiger partial charge in [0, 0.05) is 6.54 Å². The van der Waals surface area contributed by atoms with Crippen molar-refractivity contribution in [1.29, 1.82) is 0 Å². The smallest absolute Gasteiger partial charge is 0.371 e. The number of hydrogen-bond acceptors (Lipinski definition) is 5. The maximum atomic E-state index is 12.7. The van der Waals surface area contributed by atoms with E-state index in [0.717, 1.165) is 5.75 Å². The maximum Gasteiger partial charge on any atom is 0.371 e. The summed E-state index contributed by atoms with van der Waals surface area (Å²) >= 11 is 0. The summed E-state index contributed by atoms with van der Waals surface area (Å²) in [5.74, 6) is -1.10. The molecule has 1 aliphatic heterocycles. The molecule has 0 spiro atoms. The van der Waals surface area contributed by atoms with Gasteiger partial charge in [-0.1, -0.05) is 18.2 Å². The molecule has 1 saturated heterocycles. The van der Waals surface area contributed by atoms with Crippen molar-refractivity contribution in [2.45, 2.75) is 25.6 Å². The molecule has 3 rings (SSSR count). The largest absolute Gasteiger partial charge is 0.491 e. The molecule has 2 heterocycles. The molecule has 0 saturated carbocycles. The van der Waals surface area contributed by atoms with Crippen molar-refractivity contribution in [3.63, 3.8) is 0 Å². The number of morpholine rings is 1. The Morgan fingerprint density at radius 1 is 1.19 bits per heavy atom. The van der Waals surface area contributed by atoms with Gasteiger partial charge in [-0.05, 0) is 38.1 Å². The second kappa shape index (κ2) is 7.21. The second-order valence-electron chi connectivity index (χ2n) is 6.78. The number of carboxylic acid groups (broad SMARTS) is 1. The molecular weight excluding hydrogens is 338 g/mol. The topological polar surface area (TPSA) is 89.2 Å². The monoisotopic (exact) mass is 359 g/mol. The molecule has 0 radical (unpaired) electrons. The number of benzene rings is 1. The van der Waals surface area contributed by atoms with Gasteiger partial charge in [0.1, 0.15) is 18.5 Å². The predicted octanol–water partition coefficient (Wildman–Crippen LogP) is 2.68. The number of carbonyl (C=O) groups is 2. The number of nitrogens with zero attached hydrogens (tertiary/aromatic N) is 1. The average molecular weight is 359 g/mol. The quantitative estimate of drug-likeness (QED) is 0.883. The van der Waals surface area contributed by atoms with Crippen LogP contribution in [0.15, 0.2) is 46.9 Å². The van der Waals surface area contributed by atoms with Gasteiger partial charge in [-0.2, -0.15) is 0 Å². The predicted molar refractivity (Wildman–Crippen MR) is 92.5 cm³/mol. The van der Waals surface area contributed by atoms with Crippen molar-refractivity contribution >= 4 is 11.9 Å². The third kappa shape index (κ3) is 4.23. The molecule has 138 valence electrons. The fourth-order valence-electron chi connectivity index (χ4n) is 2.97. The number of carbonyl (C=O) groups excluding carboxylic acids is 1. The summed E-state index contributed by atoms with van der Waals surface area (Å²) < 4.78 is 16.9. The minimum atomic E-state index is -1.21. The molecule has 1 aromatic carbocycles. The van der Waals surface area contributed by atoms with Crippen LogP contribution < -0.4 is 4.74 Å². The Kier molecular flexibility index (Phi) is 4.99. The molecule has 26 heavy (non-hydrogen) atoms. The van der Waals surface area contributed by atoms with Gasteiger partial charge >= 0.3 is 5.97 Å². The number of furan rings is 1. The van der Waals surface area contributed by atoms with E-state index in [0.29, 0.717) is 19.7 Å². The van der Waals surface area contributed by atoms with Crippen LogP contribution in [0, 0.1) is 0 Å². The summed E-state index contributed by atoms with van der Waals surface area (Å²) in [4.78, 5) is 25.2. The van der Waals surface area contributed by atoms with Crippen LogP contribution in [0.1, 0.15) is 35.0 Å².